The van der Waals surface area contributed by atoms with Crippen molar-refractivity contribution < 1.29 is 14.3 Å². The van der Waals surface area contributed by atoms with E-state index in [1.807, 2.05) is 6.07 Å². The summed E-state index contributed by atoms with van der Waals surface area (Å²) in [6.07, 6.45) is 3.99. The summed E-state index contributed by atoms with van der Waals surface area (Å²) in [5.41, 5.74) is 1.61. The van der Waals surface area contributed by atoms with E-state index in [9.17, 15) is 4.79 Å². The highest BCUT2D eigenvalue weighted by Crippen LogP contribution is 2.29. The van der Waals surface area contributed by atoms with E-state index in [1.165, 1.54) is 0 Å². The summed E-state index contributed by atoms with van der Waals surface area (Å²) in [7, 11) is 3.35. The fraction of sp³-hybridized carbons (Fsp3) is 0.467. The molecule has 24 heavy (non-hydrogen) atoms. The Morgan fingerprint density at radius 3 is 3.04 bits per heavy atom. The van der Waals surface area contributed by atoms with Crippen molar-refractivity contribution in [2.45, 2.75) is 25.1 Å². The van der Waals surface area contributed by atoms with Crippen LogP contribution in [0.15, 0.2) is 24.5 Å². The summed E-state index contributed by atoms with van der Waals surface area (Å²) in [5, 5.41) is 13.5. The number of carbonyl (C=O) groups is 1. The molecule has 2 atom stereocenters. The zero-order valence-electron chi connectivity index (χ0n) is 13.6. The number of pyridine rings is 1. The van der Waals surface area contributed by atoms with E-state index in [0.29, 0.717) is 24.7 Å². The molecule has 0 unspecified atom stereocenters. The molecule has 0 spiro atoms. The standard InChI is InChI=1S/C15H20N6O3/c1-21-9-11(19-20-21)8-17-15(22)18-12-5-6-24-14(12)10-3-4-13(23-2)16-7-10/h3-4,7,9,12,14H,5-6,8H2,1-2H3,(H2,17,18,22)/t12-,14+/m1/s1. The van der Waals surface area contributed by atoms with Crippen LogP contribution in [0.3, 0.4) is 0 Å². The third-order valence-corrected chi connectivity index (χ3v) is 3.79. The van der Waals surface area contributed by atoms with Gasteiger partial charge in [0.15, 0.2) is 0 Å². The number of amides is 2. The van der Waals surface area contributed by atoms with Gasteiger partial charge < -0.3 is 20.1 Å². The number of methoxy groups -OCH3 is 1. The van der Waals surface area contributed by atoms with Crippen LogP contribution in [-0.4, -0.2) is 45.8 Å². The minimum absolute atomic E-state index is 0.109. The maximum Gasteiger partial charge on any atom is 0.315 e. The normalized spacial score (nSPS) is 19.9. The molecule has 1 aliphatic rings. The zero-order valence-corrected chi connectivity index (χ0v) is 13.6. The lowest BCUT2D eigenvalue weighted by atomic mass is 10.0. The summed E-state index contributed by atoms with van der Waals surface area (Å²) in [5.74, 6) is 0.544. The molecule has 0 saturated carbocycles. The number of ether oxygens (including phenoxy) is 2. The summed E-state index contributed by atoms with van der Waals surface area (Å²) >= 11 is 0. The van der Waals surface area contributed by atoms with E-state index in [0.717, 1.165) is 12.0 Å². The lowest BCUT2D eigenvalue weighted by Gasteiger charge is -2.20. The van der Waals surface area contributed by atoms with Crippen LogP contribution < -0.4 is 15.4 Å². The molecule has 9 nitrogen and oxygen atoms in total. The number of hydrogen-bond donors (Lipinski definition) is 2. The molecule has 3 heterocycles. The largest absolute Gasteiger partial charge is 0.481 e. The molecule has 2 amide bonds. The number of urea groups is 1. The number of hydrogen-bond acceptors (Lipinski definition) is 6. The van der Waals surface area contributed by atoms with Crippen molar-refractivity contribution in [2.24, 2.45) is 7.05 Å². The van der Waals surface area contributed by atoms with Crippen LogP contribution in [0.5, 0.6) is 5.88 Å². The van der Waals surface area contributed by atoms with Crippen molar-refractivity contribution in [3.63, 3.8) is 0 Å². The second-order valence-electron chi connectivity index (χ2n) is 5.53. The third kappa shape index (κ3) is 3.80. The lowest BCUT2D eigenvalue weighted by molar-refractivity contribution is 0.0995. The van der Waals surface area contributed by atoms with Crippen LogP contribution in [0.25, 0.3) is 0 Å². The van der Waals surface area contributed by atoms with Crippen LogP contribution in [-0.2, 0) is 18.3 Å². The molecule has 9 heteroatoms. The first kappa shape index (κ1) is 16.2. The number of aryl methyl sites for hydroxylation is 1. The number of nitrogens with zero attached hydrogens (tertiary/aromatic N) is 4. The smallest absolute Gasteiger partial charge is 0.315 e. The lowest BCUT2D eigenvalue weighted by Crippen LogP contribution is -2.43. The minimum atomic E-state index is -0.261. The van der Waals surface area contributed by atoms with E-state index in [1.54, 1.807) is 37.3 Å². The average Bonchev–Trinajstić information content (AvgIpc) is 3.22. The Bertz CT molecular complexity index is 687. The molecule has 3 rings (SSSR count). The summed E-state index contributed by atoms with van der Waals surface area (Å²) in [4.78, 5) is 16.3. The Morgan fingerprint density at radius 1 is 1.50 bits per heavy atom. The Kier molecular flexibility index (Phi) is 4.90. The minimum Gasteiger partial charge on any atom is -0.481 e. The second-order valence-corrected chi connectivity index (χ2v) is 5.53. The quantitative estimate of drug-likeness (QED) is 0.829. The van der Waals surface area contributed by atoms with Gasteiger partial charge in [-0.25, -0.2) is 9.78 Å². The van der Waals surface area contributed by atoms with Gasteiger partial charge in [-0.1, -0.05) is 5.21 Å². The van der Waals surface area contributed by atoms with Crippen LogP contribution in [0.2, 0.25) is 0 Å². The van der Waals surface area contributed by atoms with Gasteiger partial charge in [-0.15, -0.1) is 5.10 Å². The first-order valence-electron chi connectivity index (χ1n) is 7.67. The summed E-state index contributed by atoms with van der Waals surface area (Å²) in [6, 6.07) is 3.31. The van der Waals surface area contributed by atoms with Gasteiger partial charge in [0.1, 0.15) is 11.8 Å². The van der Waals surface area contributed by atoms with Crippen LogP contribution in [0.1, 0.15) is 23.8 Å². The molecular formula is C15H20N6O3. The highest BCUT2D eigenvalue weighted by Gasteiger charge is 2.31. The number of rotatable bonds is 5. The molecule has 0 bridgehead atoms. The Morgan fingerprint density at radius 2 is 2.38 bits per heavy atom. The van der Waals surface area contributed by atoms with Gasteiger partial charge in [0.25, 0.3) is 0 Å². The number of nitrogens with one attached hydrogen (secondary N) is 2. The van der Waals surface area contributed by atoms with Gasteiger partial charge in [0.05, 0.1) is 19.7 Å². The predicted octanol–water partition coefficient (Wildman–Crippen LogP) is 0.548. The van der Waals surface area contributed by atoms with E-state index < -0.39 is 0 Å². The molecule has 2 N–H and O–H groups in total. The number of aromatic nitrogens is 4. The van der Waals surface area contributed by atoms with Gasteiger partial charge >= 0.3 is 6.03 Å². The van der Waals surface area contributed by atoms with Crippen molar-refractivity contribution in [3.8, 4) is 5.88 Å². The van der Waals surface area contributed by atoms with Crippen LogP contribution in [0, 0.1) is 0 Å². The van der Waals surface area contributed by atoms with E-state index in [-0.39, 0.29) is 18.2 Å². The molecule has 0 aromatic carbocycles. The predicted molar refractivity (Wildman–Crippen MR) is 84.3 cm³/mol. The topological polar surface area (TPSA) is 103 Å². The van der Waals surface area contributed by atoms with Gasteiger partial charge in [0.2, 0.25) is 5.88 Å². The van der Waals surface area contributed by atoms with E-state index in [4.69, 9.17) is 9.47 Å². The fourth-order valence-corrected chi connectivity index (χ4v) is 2.61. The van der Waals surface area contributed by atoms with Crippen molar-refractivity contribution >= 4 is 6.03 Å². The maximum absolute atomic E-state index is 12.1. The first-order chi connectivity index (χ1) is 11.7. The van der Waals surface area contributed by atoms with Gasteiger partial charge in [-0.3, -0.25) is 4.68 Å². The average molecular weight is 332 g/mol. The maximum atomic E-state index is 12.1. The molecule has 128 valence electrons. The number of carbonyl (C=O) groups excluding carboxylic acids is 1. The third-order valence-electron chi connectivity index (χ3n) is 3.79. The Balaban J connectivity index is 1.55. The Hall–Kier alpha value is -2.68. The molecule has 0 aliphatic carbocycles. The van der Waals surface area contributed by atoms with Gasteiger partial charge in [-0.05, 0) is 12.5 Å². The monoisotopic (exact) mass is 332 g/mol. The first-order valence-corrected chi connectivity index (χ1v) is 7.67. The molecular weight excluding hydrogens is 312 g/mol. The summed E-state index contributed by atoms with van der Waals surface area (Å²) < 4.78 is 12.4. The SMILES string of the molecule is COc1ccc([C@@H]2OCC[C@H]2NC(=O)NCc2cn(C)nn2)cn1. The highest BCUT2D eigenvalue weighted by atomic mass is 16.5. The molecule has 1 aliphatic heterocycles. The van der Waals surface area contributed by atoms with Crippen LogP contribution in [0.4, 0.5) is 4.79 Å². The summed E-state index contributed by atoms with van der Waals surface area (Å²) in [6.45, 7) is 0.911. The fourth-order valence-electron chi connectivity index (χ4n) is 2.61. The van der Waals surface area contributed by atoms with Gasteiger partial charge in [-0.2, -0.15) is 0 Å². The van der Waals surface area contributed by atoms with Crippen molar-refractivity contribution in [1.29, 1.82) is 0 Å². The molecule has 2 aromatic rings. The van der Waals surface area contributed by atoms with Crippen LogP contribution >= 0.6 is 0 Å². The van der Waals surface area contributed by atoms with Crippen molar-refractivity contribution in [2.75, 3.05) is 13.7 Å². The molecule has 1 saturated heterocycles. The molecule has 2 aromatic heterocycles. The Labute approximate surface area is 139 Å². The van der Waals surface area contributed by atoms with E-state index >= 15 is 0 Å². The van der Waals surface area contributed by atoms with Gasteiger partial charge in [0, 0.05) is 37.7 Å². The molecule has 0 radical (unpaired) electrons. The van der Waals surface area contributed by atoms with E-state index in [2.05, 4.69) is 25.9 Å². The van der Waals surface area contributed by atoms with Crippen molar-refractivity contribution in [1.82, 2.24) is 30.6 Å². The second kappa shape index (κ2) is 7.26. The zero-order chi connectivity index (χ0) is 16.9. The molecule has 1 fully saturated rings. The highest BCUT2D eigenvalue weighted by molar-refractivity contribution is 5.74. The van der Waals surface area contributed by atoms with Crippen molar-refractivity contribution in [3.05, 3.63) is 35.8 Å².